The van der Waals surface area contributed by atoms with Crippen molar-refractivity contribution in [2.75, 3.05) is 10.2 Å². The van der Waals surface area contributed by atoms with Crippen LogP contribution in [-0.4, -0.2) is 27.0 Å². The van der Waals surface area contributed by atoms with Crippen LogP contribution in [-0.2, 0) is 9.59 Å². The molecule has 10 heteroatoms. The maximum Gasteiger partial charge on any atom is 0.250 e. The van der Waals surface area contributed by atoms with E-state index in [-0.39, 0.29) is 17.5 Å². The Morgan fingerprint density at radius 2 is 2.08 bits per heavy atom. The average Bonchev–Trinajstić information content (AvgIpc) is 3.27. The zero-order valence-electron chi connectivity index (χ0n) is 13.4. The Morgan fingerprint density at radius 1 is 1.27 bits per heavy atom. The highest BCUT2D eigenvalue weighted by Crippen LogP contribution is 2.30. The Balaban J connectivity index is 1.77. The molecule has 3 rings (SSSR count). The first kappa shape index (κ1) is 17.8. The minimum Gasteiger partial charge on any atom is -0.297 e. The van der Waals surface area contributed by atoms with E-state index in [4.69, 9.17) is 0 Å². The van der Waals surface area contributed by atoms with Gasteiger partial charge in [0, 0.05) is 18.4 Å². The number of halogens is 1. The molecule has 0 radical (unpaired) electrons. The topological polar surface area (TPSA) is 88.1 Å². The molecular weight excluding hydrogens is 377 g/mol. The maximum absolute atomic E-state index is 14.0. The molecule has 0 aliphatic carbocycles. The number of hydrogen-bond donors (Lipinski definition) is 1. The van der Waals surface area contributed by atoms with E-state index in [1.165, 1.54) is 64.3 Å². The van der Waals surface area contributed by atoms with Crippen molar-refractivity contribution < 1.29 is 14.0 Å². The fraction of sp³-hybridized carbons (Fsp3) is 0.0625. The third-order valence-corrected chi connectivity index (χ3v) is 4.56. The summed E-state index contributed by atoms with van der Waals surface area (Å²) >= 11 is 2.37. The van der Waals surface area contributed by atoms with Crippen LogP contribution in [0.25, 0.3) is 6.08 Å². The third-order valence-electron chi connectivity index (χ3n) is 3.10. The Labute approximate surface area is 155 Å². The average molecular weight is 389 g/mol. The second-order valence-electron chi connectivity index (χ2n) is 4.93. The van der Waals surface area contributed by atoms with Crippen LogP contribution in [0, 0.1) is 5.82 Å². The van der Waals surface area contributed by atoms with Crippen LogP contribution in [0.4, 0.5) is 20.3 Å². The second kappa shape index (κ2) is 7.93. The van der Waals surface area contributed by atoms with Gasteiger partial charge >= 0.3 is 0 Å². The number of anilines is 3. The van der Waals surface area contributed by atoms with Crippen LogP contribution in [0.1, 0.15) is 12.6 Å². The number of hydrogen-bond acceptors (Lipinski definition) is 7. The Kier molecular flexibility index (Phi) is 5.44. The normalized spacial score (nSPS) is 10.8. The van der Waals surface area contributed by atoms with Crippen molar-refractivity contribution in [1.82, 2.24) is 15.2 Å². The fourth-order valence-corrected chi connectivity index (χ4v) is 3.33. The third kappa shape index (κ3) is 4.16. The van der Waals surface area contributed by atoms with Gasteiger partial charge in [0.1, 0.15) is 11.3 Å². The number of amides is 2. The highest BCUT2D eigenvalue weighted by atomic mass is 32.1. The first-order valence-corrected chi connectivity index (χ1v) is 9.06. The Morgan fingerprint density at radius 3 is 2.77 bits per heavy atom. The molecule has 2 amide bonds. The van der Waals surface area contributed by atoms with Gasteiger partial charge in [0.25, 0.3) is 0 Å². The smallest absolute Gasteiger partial charge is 0.250 e. The van der Waals surface area contributed by atoms with Crippen LogP contribution in [0.5, 0.6) is 0 Å². The van der Waals surface area contributed by atoms with Crippen molar-refractivity contribution in [3.05, 3.63) is 52.7 Å². The van der Waals surface area contributed by atoms with E-state index < -0.39 is 5.82 Å². The molecule has 1 aromatic carbocycles. The van der Waals surface area contributed by atoms with Gasteiger partial charge in [-0.15, -0.1) is 21.5 Å². The number of rotatable bonds is 5. The molecule has 1 N–H and O–H groups in total. The summed E-state index contributed by atoms with van der Waals surface area (Å²) in [5.74, 6) is -1.27. The maximum atomic E-state index is 14.0. The fourth-order valence-electron chi connectivity index (χ4n) is 2.03. The monoisotopic (exact) mass is 389 g/mol. The molecule has 0 atom stereocenters. The molecule has 7 nitrogen and oxygen atoms in total. The largest absolute Gasteiger partial charge is 0.297 e. The Bertz CT molecular complexity index is 955. The summed E-state index contributed by atoms with van der Waals surface area (Å²) in [6, 6.07) is 5.96. The lowest BCUT2D eigenvalue weighted by molar-refractivity contribution is -0.116. The molecule has 0 spiro atoms. The molecule has 0 aliphatic heterocycles. The van der Waals surface area contributed by atoms with Gasteiger partial charge in [0.15, 0.2) is 5.13 Å². The predicted molar refractivity (Wildman–Crippen MR) is 98.9 cm³/mol. The van der Waals surface area contributed by atoms with Gasteiger partial charge in [0.2, 0.25) is 16.9 Å². The van der Waals surface area contributed by atoms with Gasteiger partial charge in [-0.1, -0.05) is 23.5 Å². The summed E-state index contributed by atoms with van der Waals surface area (Å²) in [4.78, 5) is 29.3. The lowest BCUT2D eigenvalue weighted by Crippen LogP contribution is -2.23. The molecule has 132 valence electrons. The molecular formula is C16H12FN5O2S2. The zero-order valence-corrected chi connectivity index (χ0v) is 15.1. The summed E-state index contributed by atoms with van der Waals surface area (Å²) in [6.07, 6.45) is 2.79. The van der Waals surface area contributed by atoms with Crippen LogP contribution in [0.15, 0.2) is 41.2 Å². The molecule has 2 aromatic heterocycles. The summed E-state index contributed by atoms with van der Waals surface area (Å²) in [6.45, 7) is 1.33. The van der Waals surface area contributed by atoms with Crippen LogP contribution >= 0.6 is 22.7 Å². The summed E-state index contributed by atoms with van der Waals surface area (Å²) < 4.78 is 14.0. The van der Waals surface area contributed by atoms with Crippen LogP contribution < -0.4 is 10.2 Å². The van der Waals surface area contributed by atoms with E-state index in [1.54, 1.807) is 17.5 Å². The number of aromatic nitrogens is 3. The van der Waals surface area contributed by atoms with Gasteiger partial charge in [-0.3, -0.25) is 19.8 Å². The highest BCUT2D eigenvalue weighted by molar-refractivity contribution is 7.14. The molecule has 3 aromatic rings. The summed E-state index contributed by atoms with van der Waals surface area (Å²) in [5, 5.41) is 12.3. The lowest BCUT2D eigenvalue weighted by Gasteiger charge is -2.18. The highest BCUT2D eigenvalue weighted by Gasteiger charge is 2.20. The number of thiazole rings is 1. The molecule has 0 saturated carbocycles. The standard InChI is InChI=1S/C16H12FN5O2S2/c1-10(23)22(13-5-3-2-4-12(13)17)16-19-11(8-25-16)6-7-14(24)20-15-21-18-9-26-15/h2-9H,1H3,(H,20,21,24)/b7-6+. The minimum absolute atomic E-state index is 0.124. The molecule has 0 fully saturated rings. The first-order valence-electron chi connectivity index (χ1n) is 7.30. The number of benzene rings is 1. The molecule has 26 heavy (non-hydrogen) atoms. The zero-order chi connectivity index (χ0) is 18.5. The number of nitrogens with one attached hydrogen (secondary N) is 1. The molecule has 0 bridgehead atoms. The van der Waals surface area contributed by atoms with Crippen molar-refractivity contribution >= 4 is 56.5 Å². The number of para-hydroxylation sites is 1. The van der Waals surface area contributed by atoms with Crippen LogP contribution in [0.2, 0.25) is 0 Å². The van der Waals surface area contributed by atoms with Crippen molar-refractivity contribution in [2.24, 2.45) is 0 Å². The minimum atomic E-state index is -0.522. The van der Waals surface area contributed by atoms with Crippen molar-refractivity contribution in [3.8, 4) is 0 Å². The van der Waals surface area contributed by atoms with E-state index in [0.717, 1.165) is 0 Å². The van der Waals surface area contributed by atoms with Crippen molar-refractivity contribution in [3.63, 3.8) is 0 Å². The van der Waals surface area contributed by atoms with Gasteiger partial charge in [-0.2, -0.15) is 0 Å². The predicted octanol–water partition coefficient (Wildman–Crippen LogP) is 3.47. The number of carbonyl (C=O) groups is 2. The Hall–Kier alpha value is -2.98. The van der Waals surface area contributed by atoms with E-state index in [9.17, 15) is 14.0 Å². The number of carbonyl (C=O) groups excluding carboxylic acids is 2. The molecule has 2 heterocycles. The van der Waals surface area contributed by atoms with Gasteiger partial charge in [0.05, 0.1) is 11.4 Å². The number of nitrogens with zero attached hydrogens (tertiary/aromatic N) is 4. The first-order chi connectivity index (χ1) is 12.5. The van der Waals surface area contributed by atoms with Crippen molar-refractivity contribution in [2.45, 2.75) is 6.92 Å². The lowest BCUT2D eigenvalue weighted by atomic mass is 10.3. The molecule has 0 unspecified atom stereocenters. The quantitative estimate of drug-likeness (QED) is 0.675. The van der Waals surface area contributed by atoms with E-state index in [0.29, 0.717) is 16.0 Å². The van der Waals surface area contributed by atoms with Crippen molar-refractivity contribution in [1.29, 1.82) is 0 Å². The van der Waals surface area contributed by atoms with E-state index >= 15 is 0 Å². The summed E-state index contributed by atoms with van der Waals surface area (Å²) in [7, 11) is 0. The summed E-state index contributed by atoms with van der Waals surface area (Å²) in [5.41, 5.74) is 2.10. The van der Waals surface area contributed by atoms with Gasteiger partial charge in [-0.25, -0.2) is 9.37 Å². The molecule has 0 aliphatic rings. The van der Waals surface area contributed by atoms with Gasteiger partial charge in [-0.05, 0) is 18.2 Å². The molecule has 0 saturated heterocycles. The van der Waals surface area contributed by atoms with Gasteiger partial charge < -0.3 is 0 Å². The van der Waals surface area contributed by atoms with E-state index in [1.807, 2.05) is 0 Å². The van der Waals surface area contributed by atoms with Crippen LogP contribution in [0.3, 0.4) is 0 Å². The SMILES string of the molecule is CC(=O)N(c1nc(/C=C/C(=O)Nc2nncs2)cs1)c1ccccc1F. The second-order valence-corrected chi connectivity index (χ2v) is 6.60. The van der Waals surface area contributed by atoms with E-state index in [2.05, 4.69) is 20.5 Å².